The molecule has 0 aromatic heterocycles. The predicted octanol–water partition coefficient (Wildman–Crippen LogP) is 1.56. The summed E-state index contributed by atoms with van der Waals surface area (Å²) >= 11 is 0. The highest BCUT2D eigenvalue weighted by molar-refractivity contribution is 7.89. The molecule has 1 aliphatic rings. The lowest BCUT2D eigenvalue weighted by Gasteiger charge is -2.34. The van der Waals surface area contributed by atoms with Crippen molar-refractivity contribution in [2.45, 2.75) is 57.3 Å². The van der Waals surface area contributed by atoms with Gasteiger partial charge >= 0.3 is 5.97 Å². The molecule has 1 N–H and O–H groups in total. The van der Waals surface area contributed by atoms with Gasteiger partial charge in [-0.1, -0.05) is 6.07 Å². The maximum absolute atomic E-state index is 12.9. The molecule has 1 saturated heterocycles. The summed E-state index contributed by atoms with van der Waals surface area (Å²) in [6.07, 6.45) is -0.430. The number of carbonyl (C=O) groups is 2. The lowest BCUT2D eigenvalue weighted by Crippen LogP contribution is -2.48. The Balaban J connectivity index is 2.10. The van der Waals surface area contributed by atoms with Crippen molar-refractivity contribution in [3.63, 3.8) is 0 Å². The lowest BCUT2D eigenvalue weighted by molar-refractivity contribution is -0.125. The van der Waals surface area contributed by atoms with Crippen LogP contribution in [0.5, 0.6) is 0 Å². The highest BCUT2D eigenvalue weighted by Crippen LogP contribution is 2.22. The number of hydrogen-bond acceptors (Lipinski definition) is 6. The standard InChI is InChI=1S/C19H28N2O6S/c1-13-10-21(11-14(2)27-13)28(24,25)16-8-6-7-15(9-16)18(23)26-12-17(22)20-19(3,4)5/h6-9,13-14H,10-12H2,1-5H3,(H,20,22)/t13-,14-/m1/s1. The Morgan fingerprint density at radius 1 is 1.21 bits per heavy atom. The van der Waals surface area contributed by atoms with E-state index in [0.29, 0.717) is 0 Å². The summed E-state index contributed by atoms with van der Waals surface area (Å²) < 4.78 is 37.8. The molecule has 9 heteroatoms. The number of rotatable bonds is 5. The van der Waals surface area contributed by atoms with Crippen molar-refractivity contribution < 1.29 is 27.5 Å². The van der Waals surface area contributed by atoms with Crippen molar-refractivity contribution in [3.05, 3.63) is 29.8 Å². The highest BCUT2D eigenvalue weighted by Gasteiger charge is 2.32. The molecule has 1 fully saturated rings. The van der Waals surface area contributed by atoms with Crippen LogP contribution in [0.4, 0.5) is 0 Å². The number of benzene rings is 1. The van der Waals surface area contributed by atoms with Crippen LogP contribution in [0.3, 0.4) is 0 Å². The molecular weight excluding hydrogens is 384 g/mol. The Hall–Kier alpha value is -1.97. The minimum absolute atomic E-state index is 0.00222. The molecule has 2 atom stereocenters. The first-order chi connectivity index (χ1) is 12.9. The molecule has 1 heterocycles. The van der Waals surface area contributed by atoms with Crippen LogP contribution >= 0.6 is 0 Å². The summed E-state index contributed by atoms with van der Waals surface area (Å²) in [6.45, 7) is 9.12. The Kier molecular flexibility index (Phi) is 6.84. The van der Waals surface area contributed by atoms with Crippen molar-refractivity contribution in [1.29, 1.82) is 0 Å². The molecule has 0 unspecified atom stereocenters. The van der Waals surface area contributed by atoms with Crippen molar-refractivity contribution >= 4 is 21.9 Å². The monoisotopic (exact) mass is 412 g/mol. The first kappa shape index (κ1) is 22.3. The van der Waals surface area contributed by atoms with Gasteiger partial charge in [0.2, 0.25) is 10.0 Å². The van der Waals surface area contributed by atoms with Crippen molar-refractivity contribution in [2.24, 2.45) is 0 Å². The van der Waals surface area contributed by atoms with Crippen LogP contribution in [0.1, 0.15) is 45.0 Å². The van der Waals surface area contributed by atoms with E-state index in [1.54, 1.807) is 0 Å². The van der Waals surface area contributed by atoms with Crippen molar-refractivity contribution in [2.75, 3.05) is 19.7 Å². The van der Waals surface area contributed by atoms with Gasteiger partial charge in [-0.15, -0.1) is 0 Å². The third-order valence-corrected chi connectivity index (χ3v) is 5.77. The second-order valence-corrected chi connectivity index (χ2v) is 9.92. The molecule has 0 bridgehead atoms. The fourth-order valence-corrected chi connectivity index (χ4v) is 4.57. The van der Waals surface area contributed by atoms with Crippen LogP contribution < -0.4 is 5.32 Å². The molecule has 0 aliphatic carbocycles. The van der Waals surface area contributed by atoms with E-state index in [1.165, 1.54) is 28.6 Å². The Morgan fingerprint density at radius 3 is 2.39 bits per heavy atom. The predicted molar refractivity (Wildman–Crippen MR) is 103 cm³/mol. The smallest absolute Gasteiger partial charge is 0.338 e. The second-order valence-electron chi connectivity index (χ2n) is 7.98. The quantitative estimate of drug-likeness (QED) is 0.737. The molecule has 28 heavy (non-hydrogen) atoms. The van der Waals surface area contributed by atoms with Crippen molar-refractivity contribution in [3.8, 4) is 0 Å². The topological polar surface area (TPSA) is 102 Å². The van der Waals surface area contributed by atoms with Crippen LogP contribution in [0.2, 0.25) is 0 Å². The summed E-state index contributed by atoms with van der Waals surface area (Å²) in [5.74, 6) is -1.19. The molecule has 0 radical (unpaired) electrons. The molecule has 0 saturated carbocycles. The van der Waals surface area contributed by atoms with Crippen LogP contribution in [-0.2, 0) is 24.3 Å². The number of ether oxygens (including phenoxy) is 2. The third kappa shape index (κ3) is 6.02. The highest BCUT2D eigenvalue weighted by atomic mass is 32.2. The van der Waals surface area contributed by atoms with Crippen LogP contribution in [-0.4, -0.2) is 62.0 Å². The third-order valence-electron chi connectivity index (χ3n) is 3.94. The molecule has 1 aromatic rings. The Labute approximate surface area is 166 Å². The van der Waals surface area contributed by atoms with Crippen LogP contribution in [0, 0.1) is 0 Å². The molecule has 2 rings (SSSR count). The van der Waals surface area contributed by atoms with E-state index in [9.17, 15) is 18.0 Å². The Morgan fingerprint density at radius 2 is 1.82 bits per heavy atom. The molecular formula is C19H28N2O6S. The van der Waals surface area contributed by atoms with Crippen LogP contribution in [0.25, 0.3) is 0 Å². The minimum Gasteiger partial charge on any atom is -0.452 e. The molecule has 1 aliphatic heterocycles. The molecule has 1 aromatic carbocycles. The van der Waals surface area contributed by atoms with E-state index in [-0.39, 0.29) is 35.8 Å². The first-order valence-electron chi connectivity index (χ1n) is 9.12. The zero-order valence-electron chi connectivity index (χ0n) is 16.9. The first-order valence-corrected chi connectivity index (χ1v) is 10.6. The maximum Gasteiger partial charge on any atom is 0.338 e. The summed E-state index contributed by atoms with van der Waals surface area (Å²) in [5, 5.41) is 2.68. The van der Waals surface area contributed by atoms with Gasteiger partial charge in [-0.25, -0.2) is 13.2 Å². The van der Waals surface area contributed by atoms with Gasteiger partial charge in [0.1, 0.15) is 0 Å². The fraction of sp³-hybridized carbons (Fsp3) is 0.579. The number of nitrogens with one attached hydrogen (secondary N) is 1. The van der Waals surface area contributed by atoms with E-state index >= 15 is 0 Å². The largest absolute Gasteiger partial charge is 0.452 e. The zero-order chi connectivity index (χ0) is 21.1. The average Bonchev–Trinajstić information content (AvgIpc) is 2.57. The van der Waals surface area contributed by atoms with E-state index in [2.05, 4.69) is 5.32 Å². The normalized spacial score (nSPS) is 21.2. The summed E-state index contributed by atoms with van der Waals surface area (Å²) in [7, 11) is -3.77. The van der Waals surface area contributed by atoms with Gasteiger partial charge in [0.15, 0.2) is 6.61 Å². The Bertz CT molecular complexity index is 821. The number of amides is 1. The summed E-state index contributed by atoms with van der Waals surface area (Å²) in [5.41, 5.74) is -0.372. The number of hydrogen-bond donors (Lipinski definition) is 1. The summed E-state index contributed by atoms with van der Waals surface area (Å²) in [6, 6.07) is 5.63. The molecule has 156 valence electrons. The number of morpholine rings is 1. The van der Waals surface area contributed by atoms with Gasteiger partial charge in [0.05, 0.1) is 22.7 Å². The molecule has 0 spiro atoms. The number of carbonyl (C=O) groups excluding carboxylic acids is 2. The zero-order valence-corrected chi connectivity index (χ0v) is 17.7. The second kappa shape index (κ2) is 8.59. The van der Waals surface area contributed by atoms with Gasteiger partial charge in [-0.3, -0.25) is 4.79 Å². The minimum atomic E-state index is -3.77. The number of esters is 1. The molecule has 1 amide bonds. The van der Waals surface area contributed by atoms with Crippen molar-refractivity contribution in [1.82, 2.24) is 9.62 Å². The van der Waals surface area contributed by atoms with Gasteiger partial charge < -0.3 is 14.8 Å². The molecule has 8 nitrogen and oxygen atoms in total. The SMILES string of the molecule is C[C@@H]1CN(S(=O)(=O)c2cccc(C(=O)OCC(=O)NC(C)(C)C)c2)C[C@@H](C)O1. The van der Waals surface area contributed by atoms with E-state index in [4.69, 9.17) is 9.47 Å². The average molecular weight is 413 g/mol. The lowest BCUT2D eigenvalue weighted by atomic mass is 10.1. The van der Waals surface area contributed by atoms with Gasteiger partial charge in [0.25, 0.3) is 5.91 Å². The summed E-state index contributed by atoms with van der Waals surface area (Å²) in [4.78, 5) is 24.0. The maximum atomic E-state index is 12.9. The van der Waals surface area contributed by atoms with E-state index in [1.807, 2.05) is 34.6 Å². The van der Waals surface area contributed by atoms with Gasteiger partial charge in [-0.05, 0) is 52.8 Å². The van der Waals surface area contributed by atoms with E-state index in [0.717, 1.165) is 0 Å². The fourth-order valence-electron chi connectivity index (χ4n) is 2.93. The van der Waals surface area contributed by atoms with E-state index < -0.39 is 34.0 Å². The van der Waals surface area contributed by atoms with Gasteiger partial charge in [-0.2, -0.15) is 4.31 Å². The van der Waals surface area contributed by atoms with Crippen LogP contribution in [0.15, 0.2) is 29.2 Å². The number of nitrogens with zero attached hydrogens (tertiary/aromatic N) is 1. The van der Waals surface area contributed by atoms with Gasteiger partial charge in [0, 0.05) is 18.6 Å². The number of sulfonamides is 1.